The van der Waals surface area contributed by atoms with Crippen molar-refractivity contribution >= 4 is 17.4 Å². The molecule has 0 radical (unpaired) electrons. The lowest BCUT2D eigenvalue weighted by Gasteiger charge is -2.08. The lowest BCUT2D eigenvalue weighted by molar-refractivity contribution is 0.181. The van der Waals surface area contributed by atoms with Crippen LogP contribution in [0.15, 0.2) is 24.3 Å². The third kappa shape index (κ3) is 3.22. The van der Waals surface area contributed by atoms with Crippen molar-refractivity contribution in [3.63, 3.8) is 0 Å². The number of aryl methyl sites for hydroxylation is 1. The quantitative estimate of drug-likeness (QED) is 0.931. The average molecular weight is 278 g/mol. The zero-order valence-electron chi connectivity index (χ0n) is 11.2. The molecule has 0 saturated heterocycles. The number of aromatic nitrogens is 2. The highest BCUT2D eigenvalue weighted by Crippen LogP contribution is 2.24. The summed E-state index contributed by atoms with van der Waals surface area (Å²) < 4.78 is 5.12. The van der Waals surface area contributed by atoms with Crippen LogP contribution in [0.2, 0.25) is 5.02 Å². The van der Waals surface area contributed by atoms with Gasteiger partial charge in [-0.15, -0.1) is 0 Å². The number of methoxy groups -OCH3 is 1. The summed E-state index contributed by atoms with van der Waals surface area (Å²) in [7, 11) is 3.47. The highest BCUT2D eigenvalue weighted by molar-refractivity contribution is 6.31. The van der Waals surface area contributed by atoms with Crippen molar-refractivity contribution in [1.82, 2.24) is 9.97 Å². The second kappa shape index (κ2) is 5.99. The van der Waals surface area contributed by atoms with Crippen molar-refractivity contribution in [2.24, 2.45) is 0 Å². The Morgan fingerprint density at radius 1 is 1.26 bits per heavy atom. The molecule has 0 aliphatic heterocycles. The van der Waals surface area contributed by atoms with Crippen molar-refractivity contribution in [2.75, 3.05) is 19.5 Å². The lowest BCUT2D eigenvalue weighted by Crippen LogP contribution is -2.02. The van der Waals surface area contributed by atoms with Crippen LogP contribution in [0, 0.1) is 6.92 Å². The molecule has 1 heterocycles. The van der Waals surface area contributed by atoms with Gasteiger partial charge in [0.05, 0.1) is 12.3 Å². The van der Waals surface area contributed by atoms with Crippen molar-refractivity contribution in [3.8, 4) is 11.4 Å². The van der Waals surface area contributed by atoms with Gasteiger partial charge in [0.2, 0.25) is 0 Å². The monoisotopic (exact) mass is 277 g/mol. The van der Waals surface area contributed by atoms with Gasteiger partial charge in [0.1, 0.15) is 5.82 Å². The predicted molar refractivity (Wildman–Crippen MR) is 77.5 cm³/mol. The van der Waals surface area contributed by atoms with Gasteiger partial charge in [-0.3, -0.25) is 0 Å². The standard InChI is InChI=1S/C14H16ClN3O/c1-9-4-5-10(6-12(9)15)14-17-11(8-19-3)7-13(16-2)18-14/h4-7H,8H2,1-3H3,(H,16,17,18). The molecule has 5 heteroatoms. The summed E-state index contributed by atoms with van der Waals surface area (Å²) in [6.07, 6.45) is 0. The van der Waals surface area contributed by atoms with Crippen LogP contribution in [0.1, 0.15) is 11.3 Å². The SMILES string of the molecule is CNc1cc(COC)nc(-c2ccc(C)c(Cl)c2)n1. The molecule has 0 unspecified atom stereocenters. The van der Waals surface area contributed by atoms with Crippen LogP contribution in [0.3, 0.4) is 0 Å². The smallest absolute Gasteiger partial charge is 0.161 e. The van der Waals surface area contributed by atoms with E-state index in [0.29, 0.717) is 17.5 Å². The van der Waals surface area contributed by atoms with Gasteiger partial charge in [-0.05, 0) is 18.6 Å². The fraction of sp³-hybridized carbons (Fsp3) is 0.286. The van der Waals surface area contributed by atoms with E-state index in [1.165, 1.54) is 0 Å². The molecule has 19 heavy (non-hydrogen) atoms. The Morgan fingerprint density at radius 3 is 2.68 bits per heavy atom. The minimum Gasteiger partial charge on any atom is -0.378 e. The van der Waals surface area contributed by atoms with Crippen molar-refractivity contribution in [3.05, 3.63) is 40.5 Å². The van der Waals surface area contributed by atoms with Gasteiger partial charge >= 0.3 is 0 Å². The summed E-state index contributed by atoms with van der Waals surface area (Å²) in [5.74, 6) is 1.40. The van der Waals surface area contributed by atoms with Gasteiger partial charge in [-0.1, -0.05) is 23.7 Å². The van der Waals surface area contributed by atoms with Crippen LogP contribution in [-0.4, -0.2) is 24.1 Å². The van der Waals surface area contributed by atoms with E-state index >= 15 is 0 Å². The Morgan fingerprint density at radius 2 is 2.05 bits per heavy atom. The van der Waals surface area contributed by atoms with Crippen LogP contribution < -0.4 is 5.32 Å². The maximum absolute atomic E-state index is 6.14. The molecule has 0 atom stereocenters. The summed E-state index contributed by atoms with van der Waals surface area (Å²) in [6, 6.07) is 7.67. The number of hydrogen-bond acceptors (Lipinski definition) is 4. The predicted octanol–water partition coefficient (Wildman–Crippen LogP) is 3.29. The molecule has 0 aliphatic rings. The van der Waals surface area contributed by atoms with Gasteiger partial charge in [0, 0.05) is 30.8 Å². The highest BCUT2D eigenvalue weighted by atomic mass is 35.5. The highest BCUT2D eigenvalue weighted by Gasteiger charge is 2.08. The Balaban J connectivity index is 2.47. The topological polar surface area (TPSA) is 47.0 Å². The molecule has 0 fully saturated rings. The molecule has 2 rings (SSSR count). The number of ether oxygens (including phenoxy) is 1. The Hall–Kier alpha value is -1.65. The van der Waals surface area contributed by atoms with E-state index in [0.717, 1.165) is 22.6 Å². The zero-order chi connectivity index (χ0) is 13.8. The van der Waals surface area contributed by atoms with E-state index in [9.17, 15) is 0 Å². The summed E-state index contributed by atoms with van der Waals surface area (Å²) in [6.45, 7) is 2.41. The van der Waals surface area contributed by atoms with Gasteiger partial charge in [0.15, 0.2) is 5.82 Å². The molecule has 0 spiro atoms. The van der Waals surface area contributed by atoms with Crippen LogP contribution in [0.4, 0.5) is 5.82 Å². The van der Waals surface area contributed by atoms with E-state index < -0.39 is 0 Å². The fourth-order valence-corrected chi connectivity index (χ4v) is 1.89. The van der Waals surface area contributed by atoms with Gasteiger partial charge in [0.25, 0.3) is 0 Å². The number of nitrogens with one attached hydrogen (secondary N) is 1. The summed E-state index contributed by atoms with van der Waals surface area (Å²) >= 11 is 6.14. The van der Waals surface area contributed by atoms with Crippen molar-refractivity contribution in [1.29, 1.82) is 0 Å². The second-order valence-electron chi connectivity index (χ2n) is 4.22. The summed E-state index contributed by atoms with van der Waals surface area (Å²) in [4.78, 5) is 8.92. The number of halogens is 1. The van der Waals surface area contributed by atoms with E-state index in [4.69, 9.17) is 16.3 Å². The summed E-state index contributed by atoms with van der Waals surface area (Å²) in [5.41, 5.74) is 2.76. The number of benzene rings is 1. The molecule has 1 N–H and O–H groups in total. The van der Waals surface area contributed by atoms with Gasteiger partial charge in [-0.25, -0.2) is 9.97 Å². The molecular weight excluding hydrogens is 262 g/mol. The minimum atomic E-state index is 0.448. The zero-order valence-corrected chi connectivity index (χ0v) is 12.0. The maximum atomic E-state index is 6.14. The van der Waals surface area contributed by atoms with Crippen LogP contribution in [-0.2, 0) is 11.3 Å². The second-order valence-corrected chi connectivity index (χ2v) is 4.62. The summed E-state index contributed by atoms with van der Waals surface area (Å²) in [5, 5.41) is 3.73. The number of nitrogens with zero attached hydrogens (tertiary/aromatic N) is 2. The first-order chi connectivity index (χ1) is 9.13. The van der Waals surface area contributed by atoms with Crippen molar-refractivity contribution in [2.45, 2.75) is 13.5 Å². The Bertz CT molecular complexity index is 587. The third-order valence-electron chi connectivity index (χ3n) is 2.76. The minimum absolute atomic E-state index is 0.448. The first-order valence-electron chi connectivity index (χ1n) is 5.95. The van der Waals surface area contributed by atoms with Gasteiger partial charge < -0.3 is 10.1 Å². The first-order valence-corrected chi connectivity index (χ1v) is 6.33. The first kappa shape index (κ1) is 13.8. The molecule has 0 saturated carbocycles. The normalized spacial score (nSPS) is 10.5. The van der Waals surface area contributed by atoms with E-state index in [1.54, 1.807) is 7.11 Å². The van der Waals surface area contributed by atoms with Crippen LogP contribution in [0.5, 0.6) is 0 Å². The Kier molecular flexibility index (Phi) is 4.35. The largest absolute Gasteiger partial charge is 0.378 e. The maximum Gasteiger partial charge on any atom is 0.161 e. The Labute approximate surface area is 117 Å². The number of hydrogen-bond donors (Lipinski definition) is 1. The van der Waals surface area contributed by atoms with E-state index in [-0.39, 0.29) is 0 Å². The van der Waals surface area contributed by atoms with E-state index in [1.807, 2.05) is 38.2 Å². The van der Waals surface area contributed by atoms with Crippen LogP contribution >= 0.6 is 11.6 Å². The molecular formula is C14H16ClN3O. The van der Waals surface area contributed by atoms with Crippen molar-refractivity contribution < 1.29 is 4.74 Å². The molecule has 100 valence electrons. The molecule has 2 aromatic rings. The lowest BCUT2D eigenvalue weighted by atomic mass is 10.1. The average Bonchev–Trinajstić information content (AvgIpc) is 2.42. The van der Waals surface area contributed by atoms with Gasteiger partial charge in [-0.2, -0.15) is 0 Å². The van der Waals surface area contributed by atoms with E-state index in [2.05, 4.69) is 15.3 Å². The molecule has 0 bridgehead atoms. The molecule has 1 aromatic heterocycles. The molecule has 4 nitrogen and oxygen atoms in total. The van der Waals surface area contributed by atoms with Crippen LogP contribution in [0.25, 0.3) is 11.4 Å². The molecule has 1 aromatic carbocycles. The molecule has 0 amide bonds. The number of anilines is 1. The fourth-order valence-electron chi connectivity index (χ4n) is 1.71. The third-order valence-corrected chi connectivity index (χ3v) is 3.16. The number of rotatable bonds is 4. The molecule has 0 aliphatic carbocycles.